The molecule has 0 N–H and O–H groups in total. The SMILES string of the molecule is CCOC(=O)C(=O)C=C([O-])c1cc(OC)cc(OC(F)(F)F)c1.[Li+]. The van der Waals surface area contributed by atoms with Crippen LogP contribution in [-0.4, -0.2) is 31.8 Å². The Hall–Kier alpha value is -2.11. The number of rotatable bonds is 6. The van der Waals surface area contributed by atoms with E-state index in [4.69, 9.17) is 4.74 Å². The zero-order valence-electron chi connectivity index (χ0n) is 13.1. The van der Waals surface area contributed by atoms with Crippen LogP contribution < -0.4 is 33.4 Å². The number of methoxy groups -OCH3 is 1. The third-order valence-corrected chi connectivity index (χ3v) is 2.37. The van der Waals surface area contributed by atoms with Crippen LogP contribution in [0.3, 0.4) is 0 Å². The van der Waals surface area contributed by atoms with Crippen LogP contribution in [0.15, 0.2) is 24.3 Å². The van der Waals surface area contributed by atoms with Gasteiger partial charge in [-0.05, 0) is 30.7 Å². The standard InChI is InChI=1S/C14H13F3O6.Li/c1-3-22-13(20)12(19)7-11(18)8-4-9(21-2)6-10(5-8)23-14(15,16)17;/h4-7,18H,3H2,1-2H3;/q;+1/p-1. The fraction of sp³-hybridized carbons (Fsp3) is 0.286. The largest absolute Gasteiger partial charge is 1.00 e. The van der Waals surface area contributed by atoms with Gasteiger partial charge >= 0.3 is 31.2 Å². The van der Waals surface area contributed by atoms with Crippen molar-refractivity contribution in [2.75, 3.05) is 13.7 Å². The molecule has 0 heterocycles. The van der Waals surface area contributed by atoms with E-state index < -0.39 is 29.6 Å². The Balaban J connectivity index is 0.00000529. The van der Waals surface area contributed by atoms with Gasteiger partial charge in [0.1, 0.15) is 11.5 Å². The van der Waals surface area contributed by atoms with Gasteiger partial charge in [0.05, 0.1) is 13.7 Å². The van der Waals surface area contributed by atoms with E-state index in [-0.39, 0.29) is 36.8 Å². The van der Waals surface area contributed by atoms with E-state index in [2.05, 4.69) is 9.47 Å². The number of alkyl halides is 3. The van der Waals surface area contributed by atoms with Gasteiger partial charge in [-0.2, -0.15) is 0 Å². The van der Waals surface area contributed by atoms with Crippen molar-refractivity contribution in [1.82, 2.24) is 0 Å². The van der Waals surface area contributed by atoms with Crippen molar-refractivity contribution in [2.45, 2.75) is 13.3 Å². The number of hydrogen-bond acceptors (Lipinski definition) is 6. The number of ether oxygens (including phenoxy) is 3. The number of carbonyl (C=O) groups is 2. The average Bonchev–Trinajstić information content (AvgIpc) is 2.45. The zero-order valence-corrected chi connectivity index (χ0v) is 13.1. The Labute approximate surface area is 147 Å². The van der Waals surface area contributed by atoms with Gasteiger partial charge in [-0.1, -0.05) is 5.76 Å². The van der Waals surface area contributed by atoms with Crippen molar-refractivity contribution in [2.24, 2.45) is 0 Å². The maximum Gasteiger partial charge on any atom is 1.00 e. The van der Waals surface area contributed by atoms with Crippen molar-refractivity contribution >= 4 is 17.5 Å². The van der Waals surface area contributed by atoms with E-state index in [1.807, 2.05) is 0 Å². The molecule has 0 amide bonds. The molecule has 0 radical (unpaired) electrons. The molecule has 126 valence electrons. The molecule has 10 heteroatoms. The van der Waals surface area contributed by atoms with Gasteiger partial charge in [-0.25, -0.2) is 4.79 Å². The molecular formula is C14H12F3LiO6. The second kappa shape index (κ2) is 9.25. The molecule has 0 bridgehead atoms. The molecule has 24 heavy (non-hydrogen) atoms. The Morgan fingerprint density at radius 1 is 1.21 bits per heavy atom. The first-order chi connectivity index (χ1) is 10.7. The number of halogens is 3. The van der Waals surface area contributed by atoms with Gasteiger partial charge in [0.25, 0.3) is 5.78 Å². The minimum absolute atomic E-state index is 0. The second-order valence-corrected chi connectivity index (χ2v) is 4.04. The van der Waals surface area contributed by atoms with Gasteiger partial charge < -0.3 is 19.3 Å². The molecule has 0 spiro atoms. The number of carbonyl (C=O) groups excluding carboxylic acids is 2. The summed E-state index contributed by atoms with van der Waals surface area (Å²) in [6.07, 6.45) is -4.54. The smallest absolute Gasteiger partial charge is 0.872 e. The third kappa shape index (κ3) is 6.98. The third-order valence-electron chi connectivity index (χ3n) is 2.37. The Morgan fingerprint density at radius 2 is 1.79 bits per heavy atom. The van der Waals surface area contributed by atoms with Crippen LogP contribution in [0.2, 0.25) is 0 Å². The number of hydrogen-bond donors (Lipinski definition) is 0. The van der Waals surface area contributed by atoms with Gasteiger partial charge in [-0.3, -0.25) is 4.79 Å². The molecule has 0 aromatic heterocycles. The molecular weight excluding hydrogens is 328 g/mol. The summed E-state index contributed by atoms with van der Waals surface area (Å²) in [7, 11) is 1.18. The van der Waals surface area contributed by atoms with Crippen LogP contribution >= 0.6 is 0 Å². The molecule has 0 aliphatic carbocycles. The monoisotopic (exact) mass is 340 g/mol. The average molecular weight is 340 g/mol. The van der Waals surface area contributed by atoms with Gasteiger partial charge in [0.15, 0.2) is 0 Å². The van der Waals surface area contributed by atoms with Gasteiger partial charge in [0.2, 0.25) is 0 Å². The molecule has 0 atom stereocenters. The van der Waals surface area contributed by atoms with Crippen LogP contribution in [0, 0.1) is 0 Å². The number of esters is 1. The predicted molar refractivity (Wildman–Crippen MR) is 69.3 cm³/mol. The summed E-state index contributed by atoms with van der Waals surface area (Å²) >= 11 is 0. The summed E-state index contributed by atoms with van der Waals surface area (Å²) < 4.78 is 49.6. The first kappa shape index (κ1) is 21.9. The minimum atomic E-state index is -4.96. The van der Waals surface area contributed by atoms with Crippen molar-refractivity contribution in [3.63, 3.8) is 0 Å². The summed E-state index contributed by atoms with van der Waals surface area (Å²) in [6, 6.07) is 2.78. The molecule has 0 aliphatic rings. The van der Waals surface area contributed by atoms with Crippen molar-refractivity contribution in [1.29, 1.82) is 0 Å². The van der Waals surface area contributed by atoms with Crippen LogP contribution in [0.1, 0.15) is 12.5 Å². The van der Waals surface area contributed by atoms with Crippen LogP contribution in [0.4, 0.5) is 13.2 Å². The topological polar surface area (TPSA) is 84.9 Å². The van der Waals surface area contributed by atoms with Gasteiger partial charge in [-0.15, -0.1) is 13.2 Å². The Morgan fingerprint density at radius 3 is 2.29 bits per heavy atom. The summed E-state index contributed by atoms with van der Waals surface area (Å²) in [5.74, 6) is -4.24. The first-order valence-corrected chi connectivity index (χ1v) is 6.21. The van der Waals surface area contributed by atoms with E-state index in [0.717, 1.165) is 18.2 Å². The van der Waals surface area contributed by atoms with Crippen LogP contribution in [0.5, 0.6) is 11.5 Å². The van der Waals surface area contributed by atoms with E-state index in [9.17, 15) is 27.9 Å². The Bertz CT molecular complexity index is 627. The zero-order chi connectivity index (χ0) is 17.6. The van der Waals surface area contributed by atoms with Crippen LogP contribution in [-0.2, 0) is 14.3 Å². The van der Waals surface area contributed by atoms with Crippen molar-refractivity contribution in [3.05, 3.63) is 29.8 Å². The van der Waals surface area contributed by atoms with Crippen molar-refractivity contribution < 1.29 is 60.9 Å². The molecule has 1 aromatic rings. The molecule has 0 unspecified atom stereocenters. The summed E-state index contributed by atoms with van der Waals surface area (Å²) in [5, 5.41) is 11.9. The van der Waals surface area contributed by atoms with Crippen molar-refractivity contribution in [3.8, 4) is 11.5 Å². The fourth-order valence-electron chi connectivity index (χ4n) is 1.49. The molecule has 1 rings (SSSR count). The maximum atomic E-state index is 12.2. The molecule has 0 saturated carbocycles. The molecule has 1 aromatic carbocycles. The molecule has 0 saturated heterocycles. The Kier molecular flexibility index (Phi) is 8.43. The summed E-state index contributed by atoms with van der Waals surface area (Å²) in [6.45, 7) is 1.41. The maximum absolute atomic E-state index is 12.2. The van der Waals surface area contributed by atoms with E-state index in [1.165, 1.54) is 14.0 Å². The van der Waals surface area contributed by atoms with E-state index in [0.29, 0.717) is 6.08 Å². The molecule has 0 aliphatic heterocycles. The molecule has 6 nitrogen and oxygen atoms in total. The quantitative estimate of drug-likeness (QED) is 0.205. The number of benzene rings is 1. The first-order valence-electron chi connectivity index (χ1n) is 6.21. The van der Waals surface area contributed by atoms with Crippen LogP contribution in [0.25, 0.3) is 5.76 Å². The normalized spacial score (nSPS) is 11.3. The van der Waals surface area contributed by atoms with Gasteiger partial charge in [0, 0.05) is 6.07 Å². The van der Waals surface area contributed by atoms with E-state index in [1.54, 1.807) is 0 Å². The van der Waals surface area contributed by atoms with E-state index >= 15 is 0 Å². The summed E-state index contributed by atoms with van der Waals surface area (Å²) in [5.41, 5.74) is -0.318. The predicted octanol–water partition coefficient (Wildman–Crippen LogP) is -1.57. The molecule has 0 fully saturated rings. The number of ketones is 1. The summed E-state index contributed by atoms with van der Waals surface area (Å²) in [4.78, 5) is 22.5. The second-order valence-electron chi connectivity index (χ2n) is 4.04. The minimum Gasteiger partial charge on any atom is -0.872 e. The fourth-order valence-corrected chi connectivity index (χ4v) is 1.49.